The largest absolute Gasteiger partial charge is 0.478 e. The molecule has 0 spiro atoms. The Kier molecular flexibility index (Phi) is 38.9. The van der Waals surface area contributed by atoms with Crippen LogP contribution in [-0.4, -0.2) is 201 Å². The van der Waals surface area contributed by atoms with E-state index in [0.29, 0.717) is 59.8 Å². The Labute approximate surface area is 497 Å². The maximum Gasteiger partial charge on any atom is 0.373 e. The van der Waals surface area contributed by atoms with Crippen LogP contribution in [0.25, 0.3) is 0 Å². The smallest absolute Gasteiger partial charge is 0.373 e. The normalized spacial score (nSPS) is 9.69. The van der Waals surface area contributed by atoms with E-state index in [0.717, 1.165) is 23.8 Å². The number of carbonyl (C=O) groups excluding carboxylic acids is 8. The number of allylic oxidation sites excluding steroid dienone is 1. The lowest BCUT2D eigenvalue weighted by Gasteiger charge is -2.08. The molecule has 3 aromatic heterocycles. The summed E-state index contributed by atoms with van der Waals surface area (Å²) in [5, 5.41) is 66.1. The van der Waals surface area contributed by atoms with Crippen molar-refractivity contribution in [3.05, 3.63) is 188 Å². The first kappa shape index (κ1) is 77.2. The van der Waals surface area contributed by atoms with Crippen molar-refractivity contribution in [1.82, 2.24) is 20.0 Å². The van der Waals surface area contributed by atoms with Gasteiger partial charge in [0.2, 0.25) is 0 Å². The standard InChI is InChI=1S/C14H20N4O2.C10H16N4O.C9H6O6.C9H6O4.C6H6O3.C6H4O3.C3H6.CO2/c1-17(2)15-9-11-6-7-12(10-16-18(3)4)13(8-11)14(19)20-5;1-13(2)11-7-9-5-6-10(15-9)8-12-14(3)4;10-7(11)4-1-2-5(8(12)13)6(3-4)9(14)15;10-4-6-1-2-7(5-11)8(3-6)9(12)13;2*7-3-5-1-2-6(4-8)9-5;1-3-2;2-1-3/h6-10H,1-5H3;5-8H,1-4H3;1-3H,(H,10,11)(H,12,13)(H,14,15);1-5H,(H,12,13);1-3,8H,4H2;1-4H;3H,1H2,2H3;/b15-9+,16-10+;11-7+,12-8+;;;;;;. The minimum Gasteiger partial charge on any atom is -0.478 e. The molecule has 462 valence electrons. The zero-order valence-electron chi connectivity index (χ0n) is 48.7. The summed E-state index contributed by atoms with van der Waals surface area (Å²) < 4.78 is 19.6. The molecular formula is C58H64N8O21. The van der Waals surface area contributed by atoms with Crippen molar-refractivity contribution in [2.45, 2.75) is 13.5 Å². The number of methoxy groups -OCH3 is 1. The molecular weight excluding hydrogens is 1140 g/mol. The lowest BCUT2D eigenvalue weighted by Crippen LogP contribution is -2.10. The summed E-state index contributed by atoms with van der Waals surface area (Å²) in [4.78, 5) is 121. The number of esters is 1. The van der Waals surface area contributed by atoms with Crippen molar-refractivity contribution in [3.63, 3.8) is 0 Å². The first-order chi connectivity index (χ1) is 41.2. The Morgan fingerprint density at radius 2 is 0.885 bits per heavy atom. The number of aromatic carboxylic acids is 4. The number of nitrogens with zero attached hydrogens (tertiary/aromatic N) is 8. The van der Waals surface area contributed by atoms with Crippen LogP contribution in [0.1, 0.15) is 140 Å². The zero-order valence-corrected chi connectivity index (χ0v) is 48.7. The molecule has 29 nitrogen and oxygen atoms in total. The van der Waals surface area contributed by atoms with Gasteiger partial charge in [-0.15, -0.1) is 6.58 Å². The molecule has 0 aliphatic heterocycles. The fraction of sp³-hybridized carbons (Fsp3) is 0.190. The maximum absolute atomic E-state index is 11.8. The van der Waals surface area contributed by atoms with Gasteiger partial charge in [0.05, 0.1) is 59.8 Å². The second-order valence-corrected chi connectivity index (χ2v) is 16.6. The molecule has 5 N–H and O–H groups in total. The van der Waals surface area contributed by atoms with Crippen LogP contribution < -0.4 is 0 Å². The average Bonchev–Trinajstić information content (AvgIpc) is 4.06. The van der Waals surface area contributed by atoms with Gasteiger partial charge in [-0.2, -0.15) is 30.0 Å². The first-order valence-electron chi connectivity index (χ1n) is 24.2. The molecule has 29 heteroatoms. The Morgan fingerprint density at radius 3 is 1.26 bits per heavy atom. The van der Waals surface area contributed by atoms with Crippen LogP contribution in [0.5, 0.6) is 0 Å². The Balaban J connectivity index is 0. The summed E-state index contributed by atoms with van der Waals surface area (Å²) >= 11 is 0. The van der Waals surface area contributed by atoms with Gasteiger partial charge in [0.1, 0.15) is 30.2 Å². The molecule has 6 rings (SSSR count). The number of aldehydes is 5. The number of aliphatic hydroxyl groups is 1. The molecule has 3 aromatic carbocycles. The predicted octanol–water partition coefficient (Wildman–Crippen LogP) is 6.22. The number of hydrogen-bond acceptors (Lipinski definition) is 25. The van der Waals surface area contributed by atoms with Crippen molar-refractivity contribution in [2.24, 2.45) is 20.4 Å². The summed E-state index contributed by atoms with van der Waals surface area (Å²) in [6, 6.07) is 21.7. The van der Waals surface area contributed by atoms with Gasteiger partial charge in [-0.25, -0.2) is 24.0 Å². The van der Waals surface area contributed by atoms with Crippen LogP contribution >= 0.6 is 0 Å². The molecule has 0 atom stereocenters. The van der Waals surface area contributed by atoms with Gasteiger partial charge in [0, 0.05) is 73.1 Å². The van der Waals surface area contributed by atoms with Crippen LogP contribution in [-0.2, 0) is 20.9 Å². The summed E-state index contributed by atoms with van der Waals surface area (Å²) in [5.41, 5.74) is 0.891. The van der Waals surface area contributed by atoms with Crippen LogP contribution in [0, 0.1) is 0 Å². The molecule has 0 saturated heterocycles. The Morgan fingerprint density at radius 1 is 0.483 bits per heavy atom. The number of aliphatic hydroxyl groups excluding tert-OH is 1. The average molecular weight is 1210 g/mol. The lowest BCUT2D eigenvalue weighted by atomic mass is 10.0. The highest BCUT2D eigenvalue weighted by molar-refractivity contribution is 6.04. The Hall–Kier alpha value is -11.8. The van der Waals surface area contributed by atoms with Crippen molar-refractivity contribution in [1.29, 1.82) is 0 Å². The molecule has 0 unspecified atom stereocenters. The van der Waals surface area contributed by atoms with Gasteiger partial charge in [-0.1, -0.05) is 30.3 Å². The number of furan rings is 3. The number of rotatable bonds is 19. The fourth-order valence-corrected chi connectivity index (χ4v) is 5.28. The lowest BCUT2D eigenvalue weighted by molar-refractivity contribution is -0.191. The van der Waals surface area contributed by atoms with E-state index < -0.39 is 41.0 Å². The number of hydrazone groups is 4. The van der Waals surface area contributed by atoms with E-state index in [9.17, 15) is 47.9 Å². The topological polar surface area (TPSA) is 417 Å². The second kappa shape index (κ2) is 43.8. The van der Waals surface area contributed by atoms with E-state index in [2.05, 4.69) is 31.4 Å². The number of carboxylic acid groups (broad SMARTS) is 4. The van der Waals surface area contributed by atoms with Gasteiger partial charge >= 0.3 is 36.0 Å². The molecule has 0 bridgehead atoms. The highest BCUT2D eigenvalue weighted by Gasteiger charge is 2.18. The number of ether oxygens (including phenoxy) is 1. The monoisotopic (exact) mass is 1210 g/mol. The quantitative estimate of drug-likeness (QED) is 0.0197. The number of benzene rings is 3. The van der Waals surface area contributed by atoms with E-state index in [4.69, 9.17) is 48.7 Å². The third-order valence-corrected chi connectivity index (χ3v) is 8.96. The van der Waals surface area contributed by atoms with Crippen LogP contribution in [0.3, 0.4) is 0 Å². The molecule has 0 amide bonds. The summed E-state index contributed by atoms with van der Waals surface area (Å²) in [5.74, 6) is -3.37. The highest BCUT2D eigenvalue weighted by Crippen LogP contribution is 2.14. The summed E-state index contributed by atoms with van der Waals surface area (Å²) in [6.07, 6.45) is 11.3. The Bertz CT molecular complexity index is 3300. The first-order valence-corrected chi connectivity index (χ1v) is 24.2. The third kappa shape index (κ3) is 33.0. The van der Waals surface area contributed by atoms with Gasteiger partial charge in [0.15, 0.2) is 42.4 Å². The highest BCUT2D eigenvalue weighted by atomic mass is 16.5. The van der Waals surface area contributed by atoms with Crippen LogP contribution in [0.4, 0.5) is 0 Å². The van der Waals surface area contributed by atoms with E-state index in [-0.39, 0.29) is 52.3 Å². The fourth-order valence-electron chi connectivity index (χ4n) is 5.28. The number of carboxylic acids is 4. The summed E-state index contributed by atoms with van der Waals surface area (Å²) in [7, 11) is 16.1. The third-order valence-electron chi connectivity index (χ3n) is 8.96. The molecule has 0 aliphatic carbocycles. The minimum atomic E-state index is -1.48. The molecule has 3 heterocycles. The van der Waals surface area contributed by atoms with Crippen molar-refractivity contribution in [2.75, 3.05) is 63.5 Å². The number of hydrogen-bond donors (Lipinski definition) is 5. The molecule has 0 aliphatic rings. The minimum absolute atomic E-state index is 0.0677. The van der Waals surface area contributed by atoms with Crippen molar-refractivity contribution < 1.29 is 101 Å². The van der Waals surface area contributed by atoms with Gasteiger partial charge in [0.25, 0.3) is 0 Å². The zero-order chi connectivity index (χ0) is 66.6. The van der Waals surface area contributed by atoms with E-state index in [1.54, 1.807) is 63.1 Å². The predicted molar refractivity (Wildman–Crippen MR) is 313 cm³/mol. The van der Waals surface area contributed by atoms with Gasteiger partial charge in [-0.05, 0) is 79.2 Å². The van der Waals surface area contributed by atoms with E-state index in [1.165, 1.54) is 43.5 Å². The van der Waals surface area contributed by atoms with E-state index in [1.807, 2.05) is 87.6 Å². The van der Waals surface area contributed by atoms with Gasteiger partial charge in [-0.3, -0.25) is 24.0 Å². The molecule has 6 aromatic rings. The van der Waals surface area contributed by atoms with Crippen molar-refractivity contribution >= 4 is 92.3 Å². The van der Waals surface area contributed by atoms with Gasteiger partial charge < -0.3 is 63.6 Å². The maximum atomic E-state index is 11.8. The second-order valence-electron chi connectivity index (χ2n) is 16.6. The van der Waals surface area contributed by atoms with E-state index >= 15 is 0 Å². The van der Waals surface area contributed by atoms with Crippen molar-refractivity contribution in [3.8, 4) is 0 Å². The molecule has 0 radical (unpaired) electrons. The van der Waals surface area contributed by atoms with Crippen LogP contribution in [0.15, 0.2) is 137 Å². The summed E-state index contributed by atoms with van der Waals surface area (Å²) in [6.45, 7) is 5.09. The molecule has 0 fully saturated rings. The number of carbonyl (C=O) groups is 10. The molecule has 87 heavy (non-hydrogen) atoms. The SMILES string of the molecule is C=CC.CN(C)/N=C/c1ccc(/C=N/N(C)C)o1.COC(=O)c1cc(/C=N/N(C)C)ccc1/C=N/N(C)C.O=C(O)c1ccc(C(=O)O)c(C(=O)O)c1.O=C=O.O=Cc1ccc(C=O)c(C(=O)O)c1.O=Cc1ccc(C=O)o1.O=Cc1ccc(CO)o1. The van der Waals surface area contributed by atoms with Crippen LogP contribution in [0.2, 0.25) is 0 Å². The molecule has 0 saturated carbocycles.